The Bertz CT molecular complexity index is 501. The number of aromatic carboxylic acids is 1. The number of nitrogens with zero attached hydrogens (tertiary/aromatic N) is 2. The minimum absolute atomic E-state index is 0.0879. The average Bonchev–Trinajstić information content (AvgIpc) is 2.35. The molecule has 1 heterocycles. The molecule has 0 spiro atoms. The van der Waals surface area contributed by atoms with Crippen LogP contribution in [0.25, 0.3) is 0 Å². The summed E-state index contributed by atoms with van der Waals surface area (Å²) in [5, 5.41) is 22.4. The van der Waals surface area contributed by atoms with Gasteiger partial charge >= 0.3 is 11.7 Å². The lowest BCUT2D eigenvalue weighted by Crippen LogP contribution is -2.32. The van der Waals surface area contributed by atoms with Crippen molar-refractivity contribution in [1.82, 2.24) is 4.98 Å². The number of nitrogens with one attached hydrogen (secondary N) is 1. The van der Waals surface area contributed by atoms with E-state index in [4.69, 9.17) is 9.84 Å². The first-order valence-electron chi connectivity index (χ1n) is 5.44. The van der Waals surface area contributed by atoms with E-state index >= 15 is 0 Å². The molecule has 8 heteroatoms. The summed E-state index contributed by atoms with van der Waals surface area (Å²) in [4.78, 5) is 24.7. The molecule has 0 bridgehead atoms. The largest absolute Gasteiger partial charge is 0.477 e. The maximum Gasteiger partial charge on any atom is 0.354 e. The second-order valence-electron chi connectivity index (χ2n) is 4.44. The number of ether oxygens (including phenoxy) is 1. The van der Waals surface area contributed by atoms with Crippen molar-refractivity contribution in [2.75, 3.05) is 19.0 Å². The van der Waals surface area contributed by atoms with Crippen LogP contribution in [0.3, 0.4) is 0 Å². The van der Waals surface area contributed by atoms with E-state index in [0.717, 1.165) is 12.1 Å². The van der Waals surface area contributed by atoms with Crippen molar-refractivity contribution in [2.45, 2.75) is 19.4 Å². The first-order chi connectivity index (χ1) is 8.76. The molecule has 104 valence electrons. The molecule has 1 aromatic heterocycles. The van der Waals surface area contributed by atoms with E-state index in [-0.39, 0.29) is 23.7 Å². The van der Waals surface area contributed by atoms with Crippen molar-refractivity contribution in [2.24, 2.45) is 0 Å². The predicted octanol–water partition coefficient (Wildman–Crippen LogP) is 1.52. The maximum absolute atomic E-state index is 10.8. The molecule has 0 aliphatic rings. The van der Waals surface area contributed by atoms with Gasteiger partial charge in [-0.3, -0.25) is 10.1 Å². The first-order valence-corrected chi connectivity index (χ1v) is 5.44. The lowest BCUT2D eigenvalue weighted by Gasteiger charge is -2.23. The number of anilines is 1. The Morgan fingerprint density at radius 2 is 2.21 bits per heavy atom. The smallest absolute Gasteiger partial charge is 0.354 e. The Morgan fingerprint density at radius 1 is 1.58 bits per heavy atom. The van der Waals surface area contributed by atoms with Crippen molar-refractivity contribution in [3.8, 4) is 0 Å². The zero-order chi connectivity index (χ0) is 14.6. The Hall–Kier alpha value is -2.22. The molecule has 0 aromatic carbocycles. The molecule has 0 atom stereocenters. The molecule has 0 fully saturated rings. The molecule has 0 radical (unpaired) electrons. The van der Waals surface area contributed by atoms with Crippen LogP contribution >= 0.6 is 0 Å². The SMILES string of the molecule is COC(C)(C)CNc1nc(C(=O)O)ccc1[N+](=O)[O-]. The van der Waals surface area contributed by atoms with Crippen molar-refractivity contribution >= 4 is 17.5 Å². The van der Waals surface area contributed by atoms with Gasteiger partial charge in [0.15, 0.2) is 5.69 Å². The van der Waals surface area contributed by atoms with E-state index in [1.54, 1.807) is 13.8 Å². The predicted molar refractivity (Wildman–Crippen MR) is 67.4 cm³/mol. The summed E-state index contributed by atoms with van der Waals surface area (Å²) in [5.74, 6) is -1.33. The van der Waals surface area contributed by atoms with E-state index < -0.39 is 16.5 Å². The molecule has 1 rings (SSSR count). The Morgan fingerprint density at radius 3 is 2.68 bits per heavy atom. The number of aromatic nitrogens is 1. The van der Waals surface area contributed by atoms with Crippen LogP contribution in [0.4, 0.5) is 11.5 Å². The van der Waals surface area contributed by atoms with Crippen molar-refractivity contribution in [1.29, 1.82) is 0 Å². The fourth-order valence-corrected chi connectivity index (χ4v) is 1.22. The standard InChI is InChI=1S/C11H15N3O5/c1-11(2,19-3)6-12-9-8(14(17)18)5-4-7(13-9)10(15)16/h4-5H,6H2,1-3H3,(H,12,13)(H,15,16). The zero-order valence-corrected chi connectivity index (χ0v) is 10.8. The van der Waals surface area contributed by atoms with E-state index in [1.807, 2.05) is 0 Å². The van der Waals surface area contributed by atoms with Gasteiger partial charge in [-0.15, -0.1) is 0 Å². The summed E-state index contributed by atoms with van der Waals surface area (Å²) in [7, 11) is 1.51. The third-order valence-corrected chi connectivity index (χ3v) is 2.52. The van der Waals surface area contributed by atoms with Gasteiger partial charge in [-0.1, -0.05) is 0 Å². The number of carboxylic acids is 1. The Kier molecular flexibility index (Phi) is 4.38. The van der Waals surface area contributed by atoms with Crippen LogP contribution in [0.5, 0.6) is 0 Å². The van der Waals surface area contributed by atoms with Gasteiger partial charge in [0.25, 0.3) is 0 Å². The molecule has 1 aromatic rings. The van der Waals surface area contributed by atoms with E-state index in [2.05, 4.69) is 10.3 Å². The summed E-state index contributed by atoms with van der Waals surface area (Å²) >= 11 is 0. The van der Waals surface area contributed by atoms with E-state index in [1.165, 1.54) is 7.11 Å². The summed E-state index contributed by atoms with van der Waals surface area (Å²) in [6, 6.07) is 2.20. The summed E-state index contributed by atoms with van der Waals surface area (Å²) < 4.78 is 5.16. The van der Waals surface area contributed by atoms with Crippen molar-refractivity contribution in [3.63, 3.8) is 0 Å². The number of hydrogen-bond acceptors (Lipinski definition) is 6. The number of nitro groups is 1. The van der Waals surface area contributed by atoms with Crippen LogP contribution in [0.2, 0.25) is 0 Å². The van der Waals surface area contributed by atoms with E-state index in [0.29, 0.717) is 0 Å². The normalized spacial score (nSPS) is 11.1. The number of carbonyl (C=O) groups is 1. The van der Waals surface area contributed by atoms with Gasteiger partial charge in [0.1, 0.15) is 0 Å². The summed E-state index contributed by atoms with van der Waals surface area (Å²) in [5.41, 5.74) is -1.10. The molecular weight excluding hydrogens is 254 g/mol. The summed E-state index contributed by atoms with van der Waals surface area (Å²) in [6.45, 7) is 3.82. The highest BCUT2D eigenvalue weighted by Crippen LogP contribution is 2.23. The molecule has 0 unspecified atom stereocenters. The van der Waals surface area contributed by atoms with Crippen LogP contribution in [-0.4, -0.2) is 40.2 Å². The summed E-state index contributed by atoms with van der Waals surface area (Å²) in [6.07, 6.45) is 0. The molecule has 2 N–H and O–H groups in total. The van der Waals surface area contributed by atoms with Gasteiger partial charge in [0.05, 0.1) is 10.5 Å². The number of hydrogen-bond donors (Lipinski definition) is 2. The van der Waals surface area contributed by atoms with Crippen LogP contribution in [0, 0.1) is 10.1 Å². The molecule has 0 aliphatic heterocycles. The van der Waals surface area contributed by atoms with Crippen LogP contribution in [0.1, 0.15) is 24.3 Å². The quantitative estimate of drug-likeness (QED) is 0.594. The third-order valence-electron chi connectivity index (χ3n) is 2.52. The molecular formula is C11H15N3O5. The Balaban J connectivity index is 3.04. The molecule has 8 nitrogen and oxygen atoms in total. The maximum atomic E-state index is 10.8. The number of carboxylic acid groups (broad SMARTS) is 1. The number of pyridine rings is 1. The van der Waals surface area contributed by atoms with Gasteiger partial charge in [0.2, 0.25) is 5.82 Å². The van der Waals surface area contributed by atoms with Gasteiger partial charge in [-0.05, 0) is 19.9 Å². The van der Waals surface area contributed by atoms with Gasteiger partial charge in [-0.25, -0.2) is 9.78 Å². The topological polar surface area (TPSA) is 115 Å². The highest BCUT2D eigenvalue weighted by Gasteiger charge is 2.22. The number of rotatable bonds is 6. The zero-order valence-electron chi connectivity index (χ0n) is 10.8. The third kappa shape index (κ3) is 3.88. The van der Waals surface area contributed by atoms with Crippen molar-refractivity contribution in [3.05, 3.63) is 27.9 Å². The van der Waals surface area contributed by atoms with Gasteiger partial charge in [-0.2, -0.15) is 0 Å². The fraction of sp³-hybridized carbons (Fsp3) is 0.455. The fourth-order valence-electron chi connectivity index (χ4n) is 1.22. The second-order valence-corrected chi connectivity index (χ2v) is 4.44. The monoisotopic (exact) mass is 269 g/mol. The minimum Gasteiger partial charge on any atom is -0.477 e. The van der Waals surface area contributed by atoms with Crippen LogP contribution in [-0.2, 0) is 4.74 Å². The first kappa shape index (κ1) is 14.8. The van der Waals surface area contributed by atoms with Gasteiger partial charge in [0, 0.05) is 19.7 Å². The molecule has 19 heavy (non-hydrogen) atoms. The minimum atomic E-state index is -1.25. The average molecular weight is 269 g/mol. The second kappa shape index (κ2) is 5.61. The highest BCUT2D eigenvalue weighted by atomic mass is 16.6. The molecule has 0 saturated carbocycles. The number of methoxy groups -OCH3 is 1. The highest BCUT2D eigenvalue weighted by molar-refractivity contribution is 5.86. The van der Waals surface area contributed by atoms with Crippen molar-refractivity contribution < 1.29 is 19.6 Å². The molecule has 0 aliphatic carbocycles. The molecule has 0 saturated heterocycles. The molecule has 0 amide bonds. The van der Waals surface area contributed by atoms with Crippen LogP contribution < -0.4 is 5.32 Å². The lowest BCUT2D eigenvalue weighted by atomic mass is 10.1. The van der Waals surface area contributed by atoms with Gasteiger partial charge < -0.3 is 15.2 Å². The Labute approximate surface area is 109 Å². The lowest BCUT2D eigenvalue weighted by molar-refractivity contribution is -0.384. The van der Waals surface area contributed by atoms with Crippen LogP contribution in [0.15, 0.2) is 12.1 Å². The van der Waals surface area contributed by atoms with E-state index in [9.17, 15) is 14.9 Å².